The number of nitrogens with one attached hydrogen (secondary N) is 2. The van der Waals surface area contributed by atoms with Gasteiger partial charge in [0.15, 0.2) is 12.4 Å². The highest BCUT2D eigenvalue weighted by atomic mass is 16.2. The lowest BCUT2D eigenvalue weighted by Gasteiger charge is -2.08. The normalized spacial score (nSPS) is 10.9. The summed E-state index contributed by atoms with van der Waals surface area (Å²) in [7, 11) is 3.94. The number of benzene rings is 2. The molecule has 5 rings (SSSR count). The van der Waals surface area contributed by atoms with Crippen molar-refractivity contribution in [1.82, 2.24) is 4.98 Å². The van der Waals surface area contributed by atoms with Gasteiger partial charge < -0.3 is 10.6 Å². The maximum atomic E-state index is 12.8. The molecule has 0 fully saturated rings. The van der Waals surface area contributed by atoms with Gasteiger partial charge in [-0.15, -0.1) is 0 Å². The van der Waals surface area contributed by atoms with E-state index < -0.39 is 0 Å². The highest BCUT2D eigenvalue weighted by molar-refractivity contribution is 6.07. The first-order valence-electron chi connectivity index (χ1n) is 10.8. The lowest BCUT2D eigenvalue weighted by atomic mass is 10.2. The zero-order valence-electron chi connectivity index (χ0n) is 18.8. The second-order valence-corrected chi connectivity index (χ2v) is 8.10. The number of pyridine rings is 3. The van der Waals surface area contributed by atoms with Crippen molar-refractivity contribution in [2.75, 3.05) is 10.6 Å². The van der Waals surface area contributed by atoms with Gasteiger partial charge in [0, 0.05) is 46.4 Å². The smallest absolute Gasteiger partial charge is 0.274 e. The largest absolute Gasteiger partial charge is 0.321 e. The van der Waals surface area contributed by atoms with Gasteiger partial charge in [0.05, 0.1) is 0 Å². The summed E-state index contributed by atoms with van der Waals surface area (Å²) in [6.07, 6.45) is 3.94. The average Bonchev–Trinajstić information content (AvgIpc) is 2.84. The van der Waals surface area contributed by atoms with Crippen LogP contribution in [0.2, 0.25) is 0 Å². The fraction of sp³-hybridized carbons (Fsp3) is 0.0741. The molecule has 2 aromatic carbocycles. The SMILES string of the molecule is C[n+]1cccc2cc(NC(=O)c3cccc(C(=O)Nc4ccc5c(ccc[n+]5C)c4)n3)ccc21. The molecule has 2 amide bonds. The second kappa shape index (κ2) is 8.71. The molecule has 3 heterocycles. The van der Waals surface area contributed by atoms with Crippen molar-refractivity contribution in [3.63, 3.8) is 0 Å². The molecule has 0 saturated heterocycles. The highest BCUT2D eigenvalue weighted by Gasteiger charge is 2.15. The Morgan fingerprint density at radius 3 is 1.59 bits per heavy atom. The summed E-state index contributed by atoms with van der Waals surface area (Å²) in [5, 5.41) is 7.75. The van der Waals surface area contributed by atoms with E-state index in [2.05, 4.69) is 15.6 Å². The van der Waals surface area contributed by atoms with Gasteiger partial charge in [-0.25, -0.2) is 14.1 Å². The molecule has 0 radical (unpaired) electrons. The lowest BCUT2D eigenvalue weighted by molar-refractivity contribution is -0.645. The van der Waals surface area contributed by atoms with Crippen LogP contribution in [-0.4, -0.2) is 16.8 Å². The van der Waals surface area contributed by atoms with Gasteiger partial charge in [-0.1, -0.05) is 6.07 Å². The van der Waals surface area contributed by atoms with Crippen LogP contribution in [0.3, 0.4) is 0 Å². The Hall–Kier alpha value is -4.65. The molecule has 2 N–H and O–H groups in total. The first-order chi connectivity index (χ1) is 16.5. The Labute approximate surface area is 196 Å². The number of nitrogens with zero attached hydrogens (tertiary/aromatic N) is 3. The molecule has 0 aliphatic carbocycles. The fourth-order valence-electron chi connectivity index (χ4n) is 3.96. The Balaban J connectivity index is 1.33. The number of rotatable bonds is 4. The average molecular weight is 450 g/mol. The molecular weight excluding hydrogens is 426 g/mol. The Morgan fingerprint density at radius 2 is 1.12 bits per heavy atom. The highest BCUT2D eigenvalue weighted by Crippen LogP contribution is 2.18. The molecule has 166 valence electrons. The van der Waals surface area contributed by atoms with Gasteiger partial charge >= 0.3 is 0 Å². The van der Waals surface area contributed by atoms with Crippen LogP contribution in [0.5, 0.6) is 0 Å². The van der Waals surface area contributed by atoms with Crippen LogP contribution in [-0.2, 0) is 14.1 Å². The van der Waals surface area contributed by atoms with E-state index in [1.165, 1.54) is 0 Å². The number of aromatic nitrogens is 3. The van der Waals surface area contributed by atoms with Crippen molar-refractivity contribution < 1.29 is 18.7 Å². The summed E-state index contributed by atoms with van der Waals surface area (Å²) in [5.74, 6) is -0.764. The standard InChI is InChI=1S/C27H21N5O2/c1-31-14-4-6-18-16-20(10-12-24(18)31)28-26(33)22-8-3-9-23(30-22)27(34)29-21-11-13-25-19(17-21)7-5-15-32(25)2/h3-17H,1-2H3/p+2. The van der Waals surface area contributed by atoms with E-state index in [0.717, 1.165) is 21.8 Å². The maximum Gasteiger partial charge on any atom is 0.274 e. The van der Waals surface area contributed by atoms with E-state index in [1.54, 1.807) is 18.2 Å². The number of anilines is 2. The Morgan fingerprint density at radius 1 is 0.647 bits per heavy atom. The quantitative estimate of drug-likeness (QED) is 0.412. The molecule has 34 heavy (non-hydrogen) atoms. The summed E-state index contributed by atoms with van der Waals surface area (Å²) in [6, 6.07) is 24.1. The van der Waals surface area contributed by atoms with Gasteiger partial charge in [0.1, 0.15) is 25.5 Å². The van der Waals surface area contributed by atoms with Crippen molar-refractivity contribution in [2.24, 2.45) is 14.1 Å². The van der Waals surface area contributed by atoms with Crippen molar-refractivity contribution in [1.29, 1.82) is 0 Å². The van der Waals surface area contributed by atoms with Crippen molar-refractivity contribution in [2.45, 2.75) is 0 Å². The van der Waals surface area contributed by atoms with E-state index >= 15 is 0 Å². The predicted octanol–water partition coefficient (Wildman–Crippen LogP) is 3.54. The predicted molar refractivity (Wildman–Crippen MR) is 130 cm³/mol. The third-order valence-corrected chi connectivity index (χ3v) is 5.72. The van der Waals surface area contributed by atoms with E-state index in [4.69, 9.17) is 0 Å². The molecule has 0 bridgehead atoms. The fourth-order valence-corrected chi connectivity index (χ4v) is 3.96. The molecule has 0 aliphatic heterocycles. The number of carbonyl (C=O) groups excluding carboxylic acids is 2. The zero-order valence-corrected chi connectivity index (χ0v) is 18.8. The van der Waals surface area contributed by atoms with Crippen molar-refractivity contribution in [3.05, 3.63) is 103 Å². The minimum Gasteiger partial charge on any atom is -0.321 e. The summed E-state index contributed by atoms with van der Waals surface area (Å²) in [4.78, 5) is 29.9. The summed E-state index contributed by atoms with van der Waals surface area (Å²) in [6.45, 7) is 0. The molecule has 5 aromatic rings. The van der Waals surface area contributed by atoms with Gasteiger partial charge in [-0.05, 0) is 48.5 Å². The number of carbonyl (C=O) groups is 2. The van der Waals surface area contributed by atoms with Gasteiger partial charge in [0.2, 0.25) is 11.0 Å². The maximum absolute atomic E-state index is 12.8. The van der Waals surface area contributed by atoms with Crippen molar-refractivity contribution >= 4 is 45.0 Å². The van der Waals surface area contributed by atoms with Crippen LogP contribution in [0.15, 0.2) is 91.3 Å². The third kappa shape index (κ3) is 4.19. The van der Waals surface area contributed by atoms with E-state index in [-0.39, 0.29) is 23.2 Å². The van der Waals surface area contributed by atoms with Crippen LogP contribution in [0, 0.1) is 0 Å². The van der Waals surface area contributed by atoms with Crippen molar-refractivity contribution in [3.8, 4) is 0 Å². The molecule has 0 aliphatic rings. The molecule has 0 atom stereocenters. The molecular formula is C27H23N5O2+2. The Kier molecular flexibility index (Phi) is 5.43. The molecule has 7 heteroatoms. The number of fused-ring (bicyclic) bond motifs is 2. The zero-order chi connectivity index (χ0) is 23.7. The monoisotopic (exact) mass is 449 g/mol. The minimum atomic E-state index is -0.382. The number of amides is 2. The first-order valence-corrected chi connectivity index (χ1v) is 10.8. The van der Waals surface area contributed by atoms with Crippen LogP contribution in [0.1, 0.15) is 21.0 Å². The number of hydrogen-bond acceptors (Lipinski definition) is 3. The second-order valence-electron chi connectivity index (χ2n) is 8.10. The lowest BCUT2D eigenvalue weighted by Crippen LogP contribution is -2.27. The van der Waals surface area contributed by atoms with Crippen LogP contribution in [0.4, 0.5) is 11.4 Å². The van der Waals surface area contributed by atoms with Gasteiger partial charge in [0.25, 0.3) is 11.8 Å². The van der Waals surface area contributed by atoms with Crippen LogP contribution < -0.4 is 19.8 Å². The first kappa shape index (κ1) is 21.2. The van der Waals surface area contributed by atoms with E-state index in [1.807, 2.05) is 96.3 Å². The summed E-state index contributed by atoms with van der Waals surface area (Å²) in [5.41, 5.74) is 3.75. The summed E-state index contributed by atoms with van der Waals surface area (Å²) >= 11 is 0. The topological polar surface area (TPSA) is 78.9 Å². The molecule has 0 saturated carbocycles. The minimum absolute atomic E-state index is 0.164. The molecule has 3 aromatic heterocycles. The Bertz CT molecular complexity index is 1460. The van der Waals surface area contributed by atoms with Gasteiger partial charge in [-0.2, -0.15) is 0 Å². The van der Waals surface area contributed by atoms with Crippen LogP contribution >= 0.6 is 0 Å². The third-order valence-electron chi connectivity index (χ3n) is 5.72. The molecule has 0 spiro atoms. The van der Waals surface area contributed by atoms with Crippen LogP contribution in [0.25, 0.3) is 21.8 Å². The van der Waals surface area contributed by atoms with Gasteiger partial charge in [-0.3, -0.25) is 9.59 Å². The number of hydrogen-bond donors (Lipinski definition) is 2. The van der Waals surface area contributed by atoms with E-state index in [0.29, 0.717) is 11.4 Å². The molecule has 7 nitrogen and oxygen atoms in total. The van der Waals surface area contributed by atoms with E-state index in [9.17, 15) is 9.59 Å². The summed E-state index contributed by atoms with van der Waals surface area (Å²) < 4.78 is 4.03. The number of aryl methyl sites for hydroxylation is 2. The molecule has 0 unspecified atom stereocenters.